The number of fused-ring (bicyclic) bond motifs is 1. The summed E-state index contributed by atoms with van der Waals surface area (Å²) in [5.74, 6) is 0.255. The van der Waals surface area contributed by atoms with E-state index in [0.29, 0.717) is 5.52 Å². The third-order valence-electron chi connectivity index (χ3n) is 1.83. The fourth-order valence-electron chi connectivity index (χ4n) is 1.32. The molecule has 2 aromatic rings. The molecule has 13 heavy (non-hydrogen) atoms. The van der Waals surface area contributed by atoms with Crippen LogP contribution < -0.4 is 29.6 Å². The van der Waals surface area contributed by atoms with Crippen LogP contribution in [0.2, 0.25) is 0 Å². The number of hydrogen-bond donors (Lipinski definition) is 1. The second-order valence-corrected chi connectivity index (χ2v) is 2.86. The summed E-state index contributed by atoms with van der Waals surface area (Å²) < 4.78 is 0. The Morgan fingerprint density at radius 1 is 1.38 bits per heavy atom. The summed E-state index contributed by atoms with van der Waals surface area (Å²) in [6.07, 6.45) is 1.68. The first-order chi connectivity index (χ1) is 5.77. The smallest absolute Gasteiger partial charge is 1.00 e. The van der Waals surface area contributed by atoms with E-state index in [1.165, 1.54) is 0 Å². The Kier molecular flexibility index (Phi) is 3.31. The number of hydrogen-bond acceptors (Lipinski definition) is 2. The van der Waals surface area contributed by atoms with Gasteiger partial charge in [-0.2, -0.15) is 0 Å². The molecule has 1 aromatic heterocycles. The Labute approximate surface area is 100 Å². The number of aromatic nitrogens is 1. The van der Waals surface area contributed by atoms with E-state index < -0.39 is 0 Å². The molecule has 1 heterocycles. The molecular weight excluding hydrogens is 173 g/mol. The molecule has 0 amide bonds. The van der Waals surface area contributed by atoms with Crippen molar-refractivity contribution in [3.05, 3.63) is 36.0 Å². The van der Waals surface area contributed by atoms with E-state index in [2.05, 4.69) is 4.98 Å². The Morgan fingerprint density at radius 2 is 2.15 bits per heavy atom. The Morgan fingerprint density at radius 3 is 2.92 bits per heavy atom. The molecule has 0 fully saturated rings. The van der Waals surface area contributed by atoms with Gasteiger partial charge in [-0.15, -0.1) is 0 Å². The second kappa shape index (κ2) is 4.09. The number of nitrogens with zero attached hydrogens (tertiary/aromatic N) is 1. The molecule has 0 atom stereocenters. The molecular formula is C10H10NNaO. The zero-order chi connectivity index (χ0) is 8.55. The van der Waals surface area contributed by atoms with Crippen molar-refractivity contribution in [2.24, 2.45) is 0 Å². The molecule has 62 valence electrons. The molecule has 0 aliphatic carbocycles. The fourth-order valence-corrected chi connectivity index (χ4v) is 1.32. The molecule has 0 saturated carbocycles. The quantitative estimate of drug-likeness (QED) is 0.551. The molecule has 0 radical (unpaired) electrons. The number of pyridine rings is 1. The molecule has 1 N–H and O–H groups in total. The summed E-state index contributed by atoms with van der Waals surface area (Å²) in [4.78, 5) is 4.07. The molecule has 0 unspecified atom stereocenters. The summed E-state index contributed by atoms with van der Waals surface area (Å²) in [6.45, 7) is 1.95. The molecule has 2 nitrogen and oxygen atoms in total. The molecule has 0 saturated heterocycles. The number of phenolic OH excluding ortho intramolecular Hbond substituents is 1. The number of aromatic hydroxyl groups is 1. The van der Waals surface area contributed by atoms with Gasteiger partial charge in [0.2, 0.25) is 0 Å². The summed E-state index contributed by atoms with van der Waals surface area (Å²) >= 11 is 0. The van der Waals surface area contributed by atoms with E-state index in [1.54, 1.807) is 12.3 Å². The van der Waals surface area contributed by atoms with Crippen molar-refractivity contribution < 1.29 is 36.1 Å². The van der Waals surface area contributed by atoms with E-state index in [0.717, 1.165) is 10.9 Å². The normalized spacial score (nSPS) is 9.62. The van der Waals surface area contributed by atoms with Crippen molar-refractivity contribution >= 4 is 10.9 Å². The minimum atomic E-state index is 0. The summed E-state index contributed by atoms with van der Waals surface area (Å²) in [5, 5.41) is 10.5. The molecule has 2 rings (SSSR count). The summed E-state index contributed by atoms with van der Waals surface area (Å²) in [5.41, 5.74) is 1.72. The molecule has 1 aromatic carbocycles. The van der Waals surface area contributed by atoms with Gasteiger partial charge in [0.1, 0.15) is 11.3 Å². The maximum Gasteiger partial charge on any atom is 1.00 e. The SMILES string of the molecule is Cc1cc(O)c2ncccc2c1.[H-].[Na+]. The van der Waals surface area contributed by atoms with Gasteiger partial charge in [0, 0.05) is 11.6 Å². The van der Waals surface area contributed by atoms with Crippen molar-refractivity contribution in [3.63, 3.8) is 0 Å². The summed E-state index contributed by atoms with van der Waals surface area (Å²) in [6, 6.07) is 7.52. The van der Waals surface area contributed by atoms with E-state index in [4.69, 9.17) is 0 Å². The molecule has 0 bridgehead atoms. The van der Waals surface area contributed by atoms with Crippen LogP contribution in [-0.4, -0.2) is 10.1 Å². The maximum atomic E-state index is 9.49. The Hall–Kier alpha value is -0.570. The zero-order valence-electron chi connectivity index (χ0n) is 8.78. The second-order valence-electron chi connectivity index (χ2n) is 2.86. The van der Waals surface area contributed by atoms with Gasteiger partial charge in [0.25, 0.3) is 0 Å². The van der Waals surface area contributed by atoms with Crippen molar-refractivity contribution in [3.8, 4) is 5.75 Å². The number of benzene rings is 1. The summed E-state index contributed by atoms with van der Waals surface area (Å²) in [7, 11) is 0. The van der Waals surface area contributed by atoms with Gasteiger partial charge in [-0.1, -0.05) is 6.07 Å². The predicted molar refractivity (Wildman–Crippen MR) is 49.3 cm³/mol. The van der Waals surface area contributed by atoms with Gasteiger partial charge in [-0.25, -0.2) is 0 Å². The monoisotopic (exact) mass is 183 g/mol. The standard InChI is InChI=1S/C10H9NO.Na.H/c1-7-5-8-3-2-4-11-10(8)9(12)6-7;;/h2-6,12H,1H3;;/q;+1;-1. The largest absolute Gasteiger partial charge is 1.00 e. The Balaban J connectivity index is 0.000000845. The first-order valence-electron chi connectivity index (χ1n) is 3.82. The average Bonchev–Trinajstić information content (AvgIpc) is 2.04. The topological polar surface area (TPSA) is 33.1 Å². The first-order valence-corrected chi connectivity index (χ1v) is 3.82. The molecule has 0 aliphatic rings. The number of phenols is 1. The van der Waals surface area contributed by atoms with Crippen LogP contribution in [0.3, 0.4) is 0 Å². The van der Waals surface area contributed by atoms with E-state index in [9.17, 15) is 5.11 Å². The molecule has 0 spiro atoms. The van der Waals surface area contributed by atoms with Crippen LogP contribution in [0.4, 0.5) is 0 Å². The van der Waals surface area contributed by atoms with Crippen molar-refractivity contribution in [2.45, 2.75) is 6.92 Å². The molecule has 0 aliphatic heterocycles. The van der Waals surface area contributed by atoms with Crippen molar-refractivity contribution in [1.29, 1.82) is 0 Å². The minimum Gasteiger partial charge on any atom is -1.00 e. The van der Waals surface area contributed by atoms with Crippen LogP contribution >= 0.6 is 0 Å². The molecule has 3 heteroatoms. The van der Waals surface area contributed by atoms with E-state index in [1.807, 2.05) is 25.1 Å². The number of rotatable bonds is 0. The minimum absolute atomic E-state index is 0. The fraction of sp³-hybridized carbons (Fsp3) is 0.100. The average molecular weight is 183 g/mol. The van der Waals surface area contributed by atoms with Crippen LogP contribution in [0.15, 0.2) is 30.5 Å². The van der Waals surface area contributed by atoms with Gasteiger partial charge in [-0.05, 0) is 30.7 Å². The van der Waals surface area contributed by atoms with Crippen LogP contribution in [-0.2, 0) is 0 Å². The van der Waals surface area contributed by atoms with Crippen molar-refractivity contribution in [2.75, 3.05) is 0 Å². The predicted octanol–water partition coefficient (Wildman–Crippen LogP) is -0.635. The van der Waals surface area contributed by atoms with Crippen LogP contribution in [0, 0.1) is 6.92 Å². The number of aryl methyl sites for hydroxylation is 1. The Bertz CT molecular complexity index is 433. The third kappa shape index (κ3) is 2.02. The zero-order valence-corrected chi connectivity index (χ0v) is 9.78. The van der Waals surface area contributed by atoms with E-state index >= 15 is 0 Å². The third-order valence-corrected chi connectivity index (χ3v) is 1.83. The van der Waals surface area contributed by atoms with Gasteiger partial charge in [0.15, 0.2) is 0 Å². The van der Waals surface area contributed by atoms with Gasteiger partial charge in [0.05, 0.1) is 0 Å². The van der Waals surface area contributed by atoms with Crippen LogP contribution in [0.5, 0.6) is 5.75 Å². The van der Waals surface area contributed by atoms with Gasteiger partial charge in [-0.3, -0.25) is 4.98 Å². The van der Waals surface area contributed by atoms with Crippen molar-refractivity contribution in [1.82, 2.24) is 4.98 Å². The van der Waals surface area contributed by atoms with E-state index in [-0.39, 0.29) is 36.7 Å². The van der Waals surface area contributed by atoms with Gasteiger partial charge >= 0.3 is 29.6 Å². The van der Waals surface area contributed by atoms with Gasteiger partial charge < -0.3 is 6.53 Å². The van der Waals surface area contributed by atoms with Crippen LogP contribution in [0.25, 0.3) is 10.9 Å². The maximum absolute atomic E-state index is 9.49. The van der Waals surface area contributed by atoms with Crippen LogP contribution in [0.1, 0.15) is 6.99 Å². The first kappa shape index (κ1) is 10.5.